The van der Waals surface area contributed by atoms with E-state index in [-0.39, 0.29) is 13.0 Å². The minimum absolute atomic E-state index is 0. The Morgan fingerprint density at radius 2 is 2.18 bits per heavy atom. The molecular formula is C16H18N4O2. The van der Waals surface area contributed by atoms with Crippen LogP contribution in [0.5, 0.6) is 5.75 Å². The predicted molar refractivity (Wildman–Crippen MR) is 84.9 cm³/mol. The van der Waals surface area contributed by atoms with Gasteiger partial charge in [-0.15, -0.1) is 0 Å². The fourth-order valence-corrected chi connectivity index (χ4v) is 2.39. The number of hydrogen-bond acceptors (Lipinski definition) is 5. The highest BCUT2D eigenvalue weighted by Gasteiger charge is 2.24. The number of carbonyl (C=O) groups is 1. The number of nitrogens with zero attached hydrogens (tertiary/aromatic N) is 2. The third kappa shape index (κ3) is 2.63. The average molecular weight is 298 g/mol. The molecule has 0 saturated heterocycles. The van der Waals surface area contributed by atoms with Crippen molar-refractivity contribution in [2.24, 2.45) is 0 Å². The fourth-order valence-electron chi connectivity index (χ4n) is 2.39. The van der Waals surface area contributed by atoms with Gasteiger partial charge in [0.15, 0.2) is 0 Å². The highest BCUT2D eigenvalue weighted by atomic mass is 16.5. The van der Waals surface area contributed by atoms with Crippen molar-refractivity contribution in [3.05, 3.63) is 53.9 Å². The molecule has 0 unspecified atom stereocenters. The van der Waals surface area contributed by atoms with Gasteiger partial charge < -0.3 is 15.4 Å². The van der Waals surface area contributed by atoms with E-state index in [0.29, 0.717) is 36.7 Å². The lowest BCUT2D eigenvalue weighted by Crippen LogP contribution is -2.37. The van der Waals surface area contributed by atoms with Crippen LogP contribution >= 0.6 is 0 Å². The summed E-state index contributed by atoms with van der Waals surface area (Å²) < 4.78 is 5.59. The van der Waals surface area contributed by atoms with Gasteiger partial charge >= 0.3 is 0 Å². The molecule has 0 atom stereocenters. The Hall–Kier alpha value is -2.89. The topological polar surface area (TPSA) is 92.3 Å². The maximum Gasteiger partial charge on any atom is 0.272 e. The summed E-state index contributed by atoms with van der Waals surface area (Å²) in [5, 5.41) is 8.14. The number of benzene rings is 1. The van der Waals surface area contributed by atoms with Gasteiger partial charge in [0.2, 0.25) is 0 Å². The molecule has 0 aliphatic carbocycles. The Kier molecular flexibility index (Phi) is 3.74. The van der Waals surface area contributed by atoms with Crippen LogP contribution in [0.3, 0.4) is 0 Å². The first kappa shape index (κ1) is 14.1. The molecule has 2 heterocycles. The summed E-state index contributed by atoms with van der Waals surface area (Å²) in [5.41, 5.74) is 7.51. The Labute approximate surface area is 129 Å². The molecule has 1 aromatic carbocycles. The van der Waals surface area contributed by atoms with E-state index in [1.165, 1.54) is 0 Å². The summed E-state index contributed by atoms with van der Waals surface area (Å²) in [6, 6.07) is 8.73. The molecule has 1 aliphatic rings. The molecule has 22 heavy (non-hydrogen) atoms. The molecule has 0 saturated carbocycles. The molecule has 0 spiro atoms. The van der Waals surface area contributed by atoms with Crippen LogP contribution in [0.25, 0.3) is 0 Å². The third-order valence-electron chi connectivity index (χ3n) is 3.58. The van der Waals surface area contributed by atoms with Gasteiger partial charge in [0.05, 0.1) is 12.7 Å². The zero-order valence-corrected chi connectivity index (χ0v) is 12.0. The van der Waals surface area contributed by atoms with Crippen LogP contribution < -0.4 is 10.5 Å². The summed E-state index contributed by atoms with van der Waals surface area (Å²) in [5.74, 6) is 0.328. The minimum atomic E-state index is -0.355. The van der Waals surface area contributed by atoms with E-state index >= 15 is 0 Å². The number of fused-ring (bicyclic) bond motifs is 1. The van der Waals surface area contributed by atoms with E-state index < -0.39 is 0 Å². The van der Waals surface area contributed by atoms with Crippen molar-refractivity contribution in [1.82, 2.24) is 9.88 Å². The minimum Gasteiger partial charge on any atom is -0.490 e. The Bertz CT molecular complexity index is 736. The van der Waals surface area contributed by atoms with Crippen LogP contribution in [-0.4, -0.2) is 34.7 Å². The SMILES string of the molecule is N=C(C(=O)N1CCOc2cnccc2C1)c1ccccc1N.[HH]. The number of anilines is 1. The van der Waals surface area contributed by atoms with Crippen molar-refractivity contribution in [3.8, 4) is 5.75 Å². The number of hydrogen-bond donors (Lipinski definition) is 2. The average Bonchev–Trinajstić information content (AvgIpc) is 2.76. The second-order valence-corrected chi connectivity index (χ2v) is 5.02. The lowest BCUT2D eigenvalue weighted by atomic mass is 10.1. The molecule has 3 rings (SSSR count). The van der Waals surface area contributed by atoms with Crippen LogP contribution in [0.15, 0.2) is 42.7 Å². The zero-order valence-electron chi connectivity index (χ0n) is 12.0. The number of ether oxygens (including phenoxy) is 1. The standard InChI is InChI=1S/C16H16N4O2.H2/c17-13-4-2-1-3-12(13)15(18)16(21)20-7-8-22-14-9-19-6-5-11(14)10-20;/h1-6,9,18H,7-8,10,17H2;1H. The fraction of sp³-hybridized carbons (Fsp3) is 0.188. The van der Waals surface area contributed by atoms with Crippen molar-refractivity contribution in [1.29, 1.82) is 5.41 Å². The van der Waals surface area contributed by atoms with Crippen molar-refractivity contribution in [2.75, 3.05) is 18.9 Å². The van der Waals surface area contributed by atoms with E-state index in [4.69, 9.17) is 15.9 Å². The van der Waals surface area contributed by atoms with Gasteiger partial charge in [-0.05, 0) is 12.1 Å². The number of aromatic nitrogens is 1. The molecule has 114 valence electrons. The van der Waals surface area contributed by atoms with Crippen LogP contribution in [0, 0.1) is 5.41 Å². The molecule has 6 nitrogen and oxygen atoms in total. The first-order valence-electron chi connectivity index (χ1n) is 6.95. The van der Waals surface area contributed by atoms with Gasteiger partial charge in [-0.2, -0.15) is 0 Å². The molecule has 1 aromatic heterocycles. The van der Waals surface area contributed by atoms with E-state index in [2.05, 4.69) is 4.98 Å². The molecule has 1 amide bonds. The Balaban J connectivity index is 0.00000192. The summed E-state index contributed by atoms with van der Waals surface area (Å²) in [4.78, 5) is 18.2. The summed E-state index contributed by atoms with van der Waals surface area (Å²) in [6.45, 7) is 1.19. The number of para-hydroxylation sites is 1. The van der Waals surface area contributed by atoms with Gasteiger partial charge in [0, 0.05) is 31.0 Å². The molecule has 0 bridgehead atoms. The smallest absolute Gasteiger partial charge is 0.272 e. The monoisotopic (exact) mass is 298 g/mol. The number of nitrogens with two attached hydrogens (primary N) is 1. The normalized spacial score (nSPS) is 13.7. The van der Waals surface area contributed by atoms with Crippen molar-refractivity contribution in [3.63, 3.8) is 0 Å². The number of pyridine rings is 1. The van der Waals surface area contributed by atoms with Gasteiger partial charge in [-0.25, -0.2) is 0 Å². The second kappa shape index (κ2) is 5.85. The molecule has 3 N–H and O–H groups in total. The Morgan fingerprint density at radius 1 is 1.36 bits per heavy atom. The van der Waals surface area contributed by atoms with Crippen LogP contribution in [0.2, 0.25) is 0 Å². The number of nitrogen functional groups attached to an aromatic ring is 1. The summed E-state index contributed by atoms with van der Waals surface area (Å²) in [6.07, 6.45) is 3.31. The highest BCUT2D eigenvalue weighted by Crippen LogP contribution is 2.22. The van der Waals surface area contributed by atoms with Crippen molar-refractivity contribution >= 4 is 17.3 Å². The van der Waals surface area contributed by atoms with Crippen LogP contribution in [-0.2, 0) is 11.3 Å². The summed E-state index contributed by atoms with van der Waals surface area (Å²) in [7, 11) is 0. The van der Waals surface area contributed by atoms with E-state index in [0.717, 1.165) is 5.56 Å². The molecule has 6 heteroatoms. The summed E-state index contributed by atoms with van der Waals surface area (Å²) >= 11 is 0. The molecule has 1 aliphatic heterocycles. The third-order valence-corrected chi connectivity index (χ3v) is 3.58. The molecule has 0 radical (unpaired) electrons. The Morgan fingerprint density at radius 3 is 3.00 bits per heavy atom. The van der Waals surface area contributed by atoms with Gasteiger partial charge in [0.25, 0.3) is 5.91 Å². The number of nitrogens with one attached hydrogen (secondary N) is 1. The van der Waals surface area contributed by atoms with Gasteiger partial charge in [-0.1, -0.05) is 18.2 Å². The second-order valence-electron chi connectivity index (χ2n) is 5.02. The molecular weight excluding hydrogens is 280 g/mol. The maximum atomic E-state index is 12.6. The highest BCUT2D eigenvalue weighted by molar-refractivity contribution is 6.45. The molecule has 2 aromatic rings. The first-order chi connectivity index (χ1) is 10.7. The largest absolute Gasteiger partial charge is 0.490 e. The predicted octanol–water partition coefficient (Wildman–Crippen LogP) is 1.70. The van der Waals surface area contributed by atoms with Crippen LogP contribution in [0.1, 0.15) is 12.6 Å². The zero-order chi connectivity index (χ0) is 15.5. The van der Waals surface area contributed by atoms with E-state index in [9.17, 15) is 4.79 Å². The van der Waals surface area contributed by atoms with Crippen LogP contribution in [0.4, 0.5) is 5.69 Å². The van der Waals surface area contributed by atoms with Gasteiger partial charge in [0.1, 0.15) is 18.1 Å². The quantitative estimate of drug-likeness (QED) is 0.652. The first-order valence-corrected chi connectivity index (χ1v) is 6.95. The number of amides is 1. The molecule has 0 fully saturated rings. The number of rotatable bonds is 2. The van der Waals surface area contributed by atoms with E-state index in [1.54, 1.807) is 41.6 Å². The van der Waals surface area contributed by atoms with Crippen molar-refractivity contribution in [2.45, 2.75) is 6.54 Å². The maximum absolute atomic E-state index is 12.6. The number of carbonyl (C=O) groups excluding carboxylic acids is 1. The lowest BCUT2D eigenvalue weighted by molar-refractivity contribution is -0.124. The lowest BCUT2D eigenvalue weighted by Gasteiger charge is -2.20. The van der Waals surface area contributed by atoms with Crippen molar-refractivity contribution < 1.29 is 11.0 Å². The van der Waals surface area contributed by atoms with E-state index in [1.807, 2.05) is 6.07 Å². The van der Waals surface area contributed by atoms with Gasteiger partial charge in [-0.3, -0.25) is 15.2 Å².